The van der Waals surface area contributed by atoms with E-state index in [1.807, 2.05) is 91.9 Å². The van der Waals surface area contributed by atoms with Crippen LogP contribution < -0.4 is 4.74 Å². The fourth-order valence-corrected chi connectivity index (χ4v) is 6.01. The van der Waals surface area contributed by atoms with Crippen LogP contribution in [-0.2, 0) is 31.3 Å². The molecular formula is C45H43NO11. The van der Waals surface area contributed by atoms with Crippen molar-refractivity contribution in [2.75, 3.05) is 13.1 Å². The summed E-state index contributed by atoms with van der Waals surface area (Å²) in [5.41, 5.74) is 2.01. The van der Waals surface area contributed by atoms with Crippen molar-refractivity contribution in [2.24, 2.45) is 0 Å². The van der Waals surface area contributed by atoms with Crippen molar-refractivity contribution >= 4 is 29.7 Å². The first-order valence-corrected chi connectivity index (χ1v) is 18.3. The van der Waals surface area contributed by atoms with Gasteiger partial charge in [0, 0.05) is 18.7 Å². The molecule has 0 aliphatic carbocycles. The molecule has 0 bridgehead atoms. The topological polar surface area (TPSA) is 177 Å². The zero-order chi connectivity index (χ0) is 40.8. The van der Waals surface area contributed by atoms with Crippen molar-refractivity contribution < 1.29 is 53.5 Å². The van der Waals surface area contributed by atoms with Crippen LogP contribution in [0, 0.1) is 0 Å². The summed E-state index contributed by atoms with van der Waals surface area (Å²) in [6.45, 7) is 3.84. The van der Waals surface area contributed by atoms with Crippen molar-refractivity contribution in [1.82, 2.24) is 4.90 Å². The molecule has 1 aliphatic heterocycles. The van der Waals surface area contributed by atoms with Gasteiger partial charge >= 0.3 is 23.9 Å². The number of likely N-dealkylation sites (tertiary alicyclic amines) is 1. The van der Waals surface area contributed by atoms with E-state index in [0.29, 0.717) is 38.1 Å². The van der Waals surface area contributed by atoms with Gasteiger partial charge in [0.1, 0.15) is 12.4 Å². The monoisotopic (exact) mass is 773 g/mol. The van der Waals surface area contributed by atoms with Crippen molar-refractivity contribution in [2.45, 2.75) is 50.2 Å². The third-order valence-corrected chi connectivity index (χ3v) is 9.44. The second kappa shape index (κ2) is 20.0. The average Bonchev–Trinajstić information content (AvgIpc) is 3.26. The van der Waals surface area contributed by atoms with Crippen molar-refractivity contribution in [3.63, 3.8) is 0 Å². The minimum Gasteiger partial charge on any atom is -0.489 e. The van der Waals surface area contributed by atoms with Gasteiger partial charge in [-0.2, -0.15) is 0 Å². The maximum Gasteiger partial charge on any atom is 0.346 e. The average molecular weight is 774 g/mol. The van der Waals surface area contributed by atoms with Crippen LogP contribution in [0.1, 0.15) is 62.0 Å². The Kier molecular flexibility index (Phi) is 14.7. The first-order chi connectivity index (χ1) is 27.4. The van der Waals surface area contributed by atoms with Gasteiger partial charge in [0.25, 0.3) is 0 Å². The molecule has 12 nitrogen and oxygen atoms in total. The van der Waals surface area contributed by atoms with E-state index in [2.05, 4.69) is 14.4 Å². The predicted octanol–water partition coefficient (Wildman–Crippen LogP) is 5.30. The zero-order valence-electron chi connectivity index (χ0n) is 31.2. The largest absolute Gasteiger partial charge is 0.489 e. The van der Waals surface area contributed by atoms with E-state index in [9.17, 15) is 39.3 Å². The van der Waals surface area contributed by atoms with Gasteiger partial charge in [-0.1, -0.05) is 97.1 Å². The standard InChI is InChI=1S/C27H29NO3.C18H14O8/c1-21(28-18-16-27(30,17-19-28)24-10-6-3-7-11-24)26(29)23-12-14-25(15-13-23)31-20-22-8-4-2-5-9-22;19-13(17(23)25-15(21)11-7-3-1-4-8-11)14(20)18(24)26-16(22)12-9-5-2-6-10-12/h2-15,21,30H,16-20H2,1H3;1-10,13-14,19-20H/t21-;/m0./s1. The van der Waals surface area contributed by atoms with Crippen LogP contribution in [0.5, 0.6) is 5.75 Å². The van der Waals surface area contributed by atoms with Crippen LogP contribution in [0.25, 0.3) is 0 Å². The molecule has 1 aliphatic rings. The number of carbonyl (C=O) groups excluding carboxylic acids is 5. The van der Waals surface area contributed by atoms with Crippen molar-refractivity contribution in [3.8, 4) is 5.75 Å². The Morgan fingerprint density at radius 2 is 1.02 bits per heavy atom. The molecule has 3 atom stereocenters. The van der Waals surface area contributed by atoms with E-state index >= 15 is 0 Å². The number of ketones is 1. The summed E-state index contributed by atoms with van der Waals surface area (Å²) in [5.74, 6) is -4.42. The highest BCUT2D eigenvalue weighted by molar-refractivity contribution is 6.02. The smallest absolute Gasteiger partial charge is 0.346 e. The van der Waals surface area contributed by atoms with Gasteiger partial charge in [-0.25, -0.2) is 19.2 Å². The maximum atomic E-state index is 13.0. The molecule has 294 valence electrons. The Bertz CT molecular complexity index is 2020. The summed E-state index contributed by atoms with van der Waals surface area (Å²) in [6.07, 6.45) is -3.56. The summed E-state index contributed by atoms with van der Waals surface area (Å²) in [7, 11) is 0. The summed E-state index contributed by atoms with van der Waals surface area (Å²) in [4.78, 5) is 62.0. The maximum absolute atomic E-state index is 13.0. The molecule has 2 unspecified atom stereocenters. The summed E-state index contributed by atoms with van der Waals surface area (Å²) in [5, 5.41) is 30.3. The van der Waals surface area contributed by atoms with Gasteiger partial charge in [-0.3, -0.25) is 9.69 Å². The predicted molar refractivity (Wildman–Crippen MR) is 208 cm³/mol. The van der Waals surface area contributed by atoms with E-state index in [1.54, 1.807) is 12.1 Å². The molecule has 5 aromatic carbocycles. The van der Waals surface area contributed by atoms with E-state index in [-0.39, 0.29) is 23.0 Å². The number of aliphatic hydroxyl groups is 3. The Balaban J connectivity index is 0.000000221. The molecule has 0 radical (unpaired) electrons. The molecule has 12 heteroatoms. The number of hydrogen-bond acceptors (Lipinski definition) is 12. The van der Waals surface area contributed by atoms with Gasteiger partial charge < -0.3 is 29.5 Å². The van der Waals surface area contributed by atoms with Crippen LogP contribution in [0.4, 0.5) is 0 Å². The first-order valence-electron chi connectivity index (χ1n) is 18.3. The SMILES string of the molecule is C[C@@H](C(=O)c1ccc(OCc2ccccc2)cc1)N1CCC(O)(c2ccccc2)CC1.O=C(OC(=O)C(O)C(O)C(=O)OC(=O)c1ccccc1)c1ccccc1. The van der Waals surface area contributed by atoms with Crippen molar-refractivity contribution in [1.29, 1.82) is 0 Å². The minimum atomic E-state index is -2.40. The second-order valence-electron chi connectivity index (χ2n) is 13.3. The van der Waals surface area contributed by atoms with Crippen molar-refractivity contribution in [3.05, 3.63) is 173 Å². The van der Waals surface area contributed by atoms with Crippen LogP contribution in [-0.4, -0.2) is 81.2 Å². The van der Waals surface area contributed by atoms with E-state index in [4.69, 9.17) is 4.74 Å². The first kappa shape index (κ1) is 41.8. The van der Waals surface area contributed by atoms with Crippen LogP contribution in [0.15, 0.2) is 146 Å². The molecule has 0 saturated carbocycles. The normalized spacial score (nSPS) is 15.0. The van der Waals surface area contributed by atoms with E-state index in [1.165, 1.54) is 48.5 Å². The quantitative estimate of drug-likeness (QED) is 0.0849. The lowest BCUT2D eigenvalue weighted by molar-refractivity contribution is -0.166. The molecular weight excluding hydrogens is 730 g/mol. The number of carbonyl (C=O) groups is 5. The Morgan fingerprint density at radius 1 is 0.596 bits per heavy atom. The Hall–Kier alpha value is -6.31. The van der Waals surface area contributed by atoms with Gasteiger partial charge in [-0.15, -0.1) is 0 Å². The molecule has 3 N–H and O–H groups in total. The molecule has 0 spiro atoms. The lowest BCUT2D eigenvalue weighted by Gasteiger charge is -2.40. The highest BCUT2D eigenvalue weighted by Crippen LogP contribution is 2.33. The third kappa shape index (κ3) is 11.6. The third-order valence-electron chi connectivity index (χ3n) is 9.44. The summed E-state index contributed by atoms with van der Waals surface area (Å²) >= 11 is 0. The molecule has 1 fully saturated rings. The number of ether oxygens (including phenoxy) is 3. The minimum absolute atomic E-state index is 0.0318. The fourth-order valence-electron chi connectivity index (χ4n) is 6.01. The fraction of sp³-hybridized carbons (Fsp3) is 0.222. The summed E-state index contributed by atoms with van der Waals surface area (Å²) < 4.78 is 14.6. The number of aliphatic hydroxyl groups excluding tert-OH is 2. The highest BCUT2D eigenvalue weighted by Gasteiger charge is 2.37. The summed E-state index contributed by atoms with van der Waals surface area (Å²) in [6, 6.07) is 41.8. The van der Waals surface area contributed by atoms with Gasteiger partial charge in [0.15, 0.2) is 18.0 Å². The number of nitrogens with zero attached hydrogens (tertiary/aromatic N) is 1. The number of Topliss-reactive ketones (excluding diaryl/α,β-unsaturated/α-hetero) is 1. The molecule has 57 heavy (non-hydrogen) atoms. The van der Waals surface area contributed by atoms with Crippen LogP contribution in [0.3, 0.4) is 0 Å². The molecule has 1 saturated heterocycles. The van der Waals surface area contributed by atoms with E-state index < -0.39 is 41.7 Å². The number of piperidine rings is 1. The number of benzene rings is 5. The number of rotatable bonds is 12. The van der Waals surface area contributed by atoms with Gasteiger partial charge in [0.05, 0.1) is 22.8 Å². The van der Waals surface area contributed by atoms with E-state index in [0.717, 1.165) is 16.9 Å². The second-order valence-corrected chi connectivity index (χ2v) is 13.3. The molecule has 5 aromatic rings. The molecule has 6 rings (SSSR count). The van der Waals surface area contributed by atoms with Gasteiger partial charge in [-0.05, 0) is 79.4 Å². The molecule has 0 aromatic heterocycles. The Labute approximate surface area is 329 Å². The van der Waals surface area contributed by atoms with Crippen LogP contribution >= 0.6 is 0 Å². The number of esters is 4. The van der Waals surface area contributed by atoms with Crippen LogP contribution in [0.2, 0.25) is 0 Å². The highest BCUT2D eigenvalue weighted by atomic mass is 16.6. The zero-order valence-corrected chi connectivity index (χ0v) is 31.2. The lowest BCUT2D eigenvalue weighted by Crippen LogP contribution is -2.48. The lowest BCUT2D eigenvalue weighted by atomic mass is 9.84. The molecule has 1 heterocycles. The van der Waals surface area contributed by atoms with Gasteiger partial charge in [0.2, 0.25) is 0 Å². The number of hydrogen-bond donors (Lipinski definition) is 3. The molecule has 0 amide bonds. The Morgan fingerprint density at radius 3 is 1.47 bits per heavy atom.